The topological polar surface area (TPSA) is 91.0 Å². The zero-order valence-electron chi connectivity index (χ0n) is 14.8. The van der Waals surface area contributed by atoms with Crippen molar-refractivity contribution in [2.24, 2.45) is 0 Å². The predicted octanol–water partition coefficient (Wildman–Crippen LogP) is 3.61. The average molecular weight is 375 g/mol. The second-order valence-electron chi connectivity index (χ2n) is 6.46. The fourth-order valence-electron chi connectivity index (χ4n) is 3.37. The lowest BCUT2D eigenvalue weighted by Gasteiger charge is -2.24. The number of hydrogen-bond donors (Lipinski definition) is 2. The van der Waals surface area contributed by atoms with Gasteiger partial charge in [-0.15, -0.1) is 0 Å². The summed E-state index contributed by atoms with van der Waals surface area (Å²) in [7, 11) is 0. The van der Waals surface area contributed by atoms with Crippen molar-refractivity contribution in [1.82, 2.24) is 4.90 Å². The number of aliphatic hydroxyl groups excluding tert-OH is 1. The largest absolute Gasteiger partial charge is 0.508 e. The van der Waals surface area contributed by atoms with Gasteiger partial charge in [-0.25, -0.2) is 0 Å². The van der Waals surface area contributed by atoms with Crippen molar-refractivity contribution in [3.8, 4) is 5.75 Å². The van der Waals surface area contributed by atoms with Crippen LogP contribution in [0.1, 0.15) is 22.9 Å². The summed E-state index contributed by atoms with van der Waals surface area (Å²) in [5.74, 6) is -1.13. The van der Waals surface area contributed by atoms with E-state index in [0.717, 1.165) is 0 Å². The number of likely N-dealkylation sites (tertiary alicyclic amines) is 1. The van der Waals surface area contributed by atoms with Gasteiger partial charge in [0.05, 0.1) is 24.4 Å². The molecular formula is C22H17NO5. The number of phenols is 1. The Morgan fingerprint density at radius 3 is 2.32 bits per heavy atom. The molecule has 28 heavy (non-hydrogen) atoms. The predicted molar refractivity (Wildman–Crippen MR) is 101 cm³/mol. The van der Waals surface area contributed by atoms with Gasteiger partial charge in [-0.3, -0.25) is 9.59 Å². The molecule has 1 atom stereocenters. The lowest BCUT2D eigenvalue weighted by Crippen LogP contribution is -2.29. The third-order valence-corrected chi connectivity index (χ3v) is 4.70. The number of carbonyl (C=O) groups excluding carboxylic acids is 2. The maximum absolute atomic E-state index is 12.8. The van der Waals surface area contributed by atoms with Crippen LogP contribution >= 0.6 is 0 Å². The molecule has 0 saturated carbocycles. The lowest BCUT2D eigenvalue weighted by molar-refractivity contribution is -0.140. The maximum Gasteiger partial charge on any atom is 0.296 e. The van der Waals surface area contributed by atoms with Crippen molar-refractivity contribution in [3.05, 3.63) is 95.5 Å². The van der Waals surface area contributed by atoms with Crippen LogP contribution < -0.4 is 0 Å². The van der Waals surface area contributed by atoms with Crippen LogP contribution in [0, 0.1) is 0 Å². The Morgan fingerprint density at radius 1 is 0.964 bits per heavy atom. The Bertz CT molecular complexity index is 1040. The van der Waals surface area contributed by atoms with E-state index in [2.05, 4.69) is 0 Å². The number of aromatic hydroxyl groups is 1. The van der Waals surface area contributed by atoms with Crippen LogP contribution in [0.5, 0.6) is 5.75 Å². The zero-order chi connectivity index (χ0) is 19.7. The van der Waals surface area contributed by atoms with Gasteiger partial charge in [0.2, 0.25) is 0 Å². The fourth-order valence-corrected chi connectivity index (χ4v) is 3.37. The minimum Gasteiger partial charge on any atom is -0.508 e. The van der Waals surface area contributed by atoms with Crippen molar-refractivity contribution in [3.63, 3.8) is 0 Å². The maximum atomic E-state index is 12.8. The van der Waals surface area contributed by atoms with Crippen LogP contribution in [-0.2, 0) is 16.1 Å². The normalized spacial score (nSPS) is 18.6. The van der Waals surface area contributed by atoms with Crippen LogP contribution in [-0.4, -0.2) is 26.8 Å². The van der Waals surface area contributed by atoms with Crippen molar-refractivity contribution >= 4 is 17.4 Å². The molecule has 0 aliphatic carbocycles. The molecule has 1 aromatic heterocycles. The van der Waals surface area contributed by atoms with Gasteiger partial charge in [-0.2, -0.15) is 0 Å². The summed E-state index contributed by atoms with van der Waals surface area (Å²) in [4.78, 5) is 27.0. The molecule has 6 heteroatoms. The van der Waals surface area contributed by atoms with Gasteiger partial charge < -0.3 is 19.5 Å². The molecule has 140 valence electrons. The molecule has 1 amide bonds. The van der Waals surface area contributed by atoms with Crippen molar-refractivity contribution in [1.29, 1.82) is 0 Å². The first-order valence-corrected chi connectivity index (χ1v) is 8.71. The highest BCUT2D eigenvalue weighted by atomic mass is 16.3. The van der Waals surface area contributed by atoms with E-state index >= 15 is 0 Å². The van der Waals surface area contributed by atoms with Gasteiger partial charge in [0.25, 0.3) is 11.7 Å². The molecule has 0 radical (unpaired) electrons. The number of amides is 1. The van der Waals surface area contributed by atoms with E-state index in [1.165, 1.54) is 23.3 Å². The number of phenolic OH excluding ortho intramolecular Hbond substituents is 1. The second-order valence-corrected chi connectivity index (χ2v) is 6.46. The summed E-state index contributed by atoms with van der Waals surface area (Å²) < 4.78 is 5.34. The van der Waals surface area contributed by atoms with Crippen molar-refractivity contribution < 1.29 is 24.2 Å². The number of carbonyl (C=O) groups is 2. The lowest BCUT2D eigenvalue weighted by atomic mass is 9.95. The molecule has 1 fully saturated rings. The molecule has 0 bridgehead atoms. The van der Waals surface area contributed by atoms with Gasteiger partial charge in [0.1, 0.15) is 17.3 Å². The second kappa shape index (κ2) is 7.08. The Hall–Kier alpha value is -3.80. The Labute approximate surface area is 161 Å². The first-order chi connectivity index (χ1) is 13.6. The van der Waals surface area contributed by atoms with E-state index in [9.17, 15) is 19.8 Å². The SMILES string of the molecule is O=C1C(=O)N(Cc2ccco2)C(c2ccc(O)cc2)/C1=C(\O)c1ccccc1. The molecule has 2 heterocycles. The Balaban J connectivity index is 1.86. The molecule has 4 rings (SSSR count). The number of nitrogens with zero attached hydrogens (tertiary/aromatic N) is 1. The third kappa shape index (κ3) is 3.05. The average Bonchev–Trinajstić information content (AvgIpc) is 3.31. The molecule has 0 spiro atoms. The standard InChI is InChI=1S/C22H17NO5/c24-16-10-8-14(9-11-16)19-18(20(25)15-5-2-1-3-6-15)21(26)22(27)23(19)13-17-7-4-12-28-17/h1-12,19,24-25H,13H2/b20-18+. The molecule has 1 saturated heterocycles. The fraction of sp³-hybridized carbons (Fsp3) is 0.0909. The highest BCUT2D eigenvalue weighted by Gasteiger charge is 2.46. The summed E-state index contributed by atoms with van der Waals surface area (Å²) >= 11 is 0. The number of rotatable bonds is 4. The minimum absolute atomic E-state index is 0.00782. The Kier molecular flexibility index (Phi) is 4.45. The summed E-state index contributed by atoms with van der Waals surface area (Å²) in [6.45, 7) is 0.0781. The van der Waals surface area contributed by atoms with Gasteiger partial charge in [-0.1, -0.05) is 42.5 Å². The molecule has 1 aliphatic heterocycles. The number of ketones is 1. The van der Waals surface area contributed by atoms with Crippen LogP contribution in [0.15, 0.2) is 83.0 Å². The zero-order valence-corrected chi connectivity index (χ0v) is 14.8. The number of hydrogen-bond acceptors (Lipinski definition) is 5. The Morgan fingerprint density at radius 2 is 1.68 bits per heavy atom. The number of Topliss-reactive ketones (excluding diaryl/α,β-unsaturated/α-hetero) is 1. The van der Waals surface area contributed by atoms with Crippen molar-refractivity contribution in [2.45, 2.75) is 12.6 Å². The highest BCUT2D eigenvalue weighted by Crippen LogP contribution is 2.40. The number of aliphatic hydroxyl groups is 1. The third-order valence-electron chi connectivity index (χ3n) is 4.70. The van der Waals surface area contributed by atoms with Gasteiger partial charge in [0.15, 0.2) is 0 Å². The number of furan rings is 1. The highest BCUT2D eigenvalue weighted by molar-refractivity contribution is 6.46. The van der Waals surface area contributed by atoms with Gasteiger partial charge in [-0.05, 0) is 29.8 Å². The van der Waals surface area contributed by atoms with E-state index in [4.69, 9.17) is 4.42 Å². The molecule has 3 aromatic rings. The summed E-state index contributed by atoms with van der Waals surface area (Å²) in [5.41, 5.74) is 1.05. The molecule has 6 nitrogen and oxygen atoms in total. The van der Waals surface area contributed by atoms with E-state index in [-0.39, 0.29) is 23.6 Å². The molecule has 1 aliphatic rings. The summed E-state index contributed by atoms with van der Waals surface area (Å²) in [6.07, 6.45) is 1.49. The van der Waals surface area contributed by atoms with Crippen LogP contribution in [0.25, 0.3) is 5.76 Å². The molecular weight excluding hydrogens is 358 g/mol. The van der Waals surface area contributed by atoms with Gasteiger partial charge in [0, 0.05) is 5.56 Å². The summed E-state index contributed by atoms with van der Waals surface area (Å²) in [5, 5.41) is 20.5. The van der Waals surface area contributed by atoms with E-state index in [1.807, 2.05) is 0 Å². The first kappa shape index (κ1) is 17.6. The van der Waals surface area contributed by atoms with Crippen molar-refractivity contribution in [2.75, 3.05) is 0 Å². The van der Waals surface area contributed by atoms with Crippen LogP contribution in [0.4, 0.5) is 0 Å². The first-order valence-electron chi connectivity index (χ1n) is 8.71. The monoisotopic (exact) mass is 375 g/mol. The molecule has 2 N–H and O–H groups in total. The van der Waals surface area contributed by atoms with E-state index in [0.29, 0.717) is 16.9 Å². The van der Waals surface area contributed by atoms with Crippen LogP contribution in [0.3, 0.4) is 0 Å². The van der Waals surface area contributed by atoms with E-state index < -0.39 is 17.7 Å². The van der Waals surface area contributed by atoms with Crippen LogP contribution in [0.2, 0.25) is 0 Å². The minimum atomic E-state index is -0.800. The van der Waals surface area contributed by atoms with Gasteiger partial charge >= 0.3 is 0 Å². The number of benzene rings is 2. The smallest absolute Gasteiger partial charge is 0.296 e. The molecule has 1 unspecified atom stereocenters. The molecule has 2 aromatic carbocycles. The quantitative estimate of drug-likeness (QED) is 0.413. The van der Waals surface area contributed by atoms with E-state index in [1.54, 1.807) is 54.6 Å². The summed E-state index contributed by atoms with van der Waals surface area (Å²) in [6, 6.07) is 17.4.